The number of benzene rings is 1. The van der Waals surface area contributed by atoms with Gasteiger partial charge in [-0.05, 0) is 24.6 Å². The minimum Gasteiger partial charge on any atom is -0.319 e. The van der Waals surface area contributed by atoms with Crippen LogP contribution in [0.5, 0.6) is 0 Å². The lowest BCUT2D eigenvalue weighted by Gasteiger charge is -2.23. The molecule has 118 valence electrons. The predicted octanol–water partition coefficient (Wildman–Crippen LogP) is 2.72. The largest absolute Gasteiger partial charge is 0.325 e. The maximum absolute atomic E-state index is 12.7. The summed E-state index contributed by atoms with van der Waals surface area (Å²) in [5.41, 5.74) is -1.24. The Morgan fingerprint density at radius 2 is 1.95 bits per heavy atom. The highest BCUT2D eigenvalue weighted by atomic mass is 35.5. The maximum atomic E-state index is 12.7. The van der Waals surface area contributed by atoms with Crippen molar-refractivity contribution >= 4 is 29.3 Å². The van der Waals surface area contributed by atoms with Gasteiger partial charge in [-0.1, -0.05) is 44.5 Å². The van der Waals surface area contributed by atoms with Gasteiger partial charge in [0.1, 0.15) is 5.54 Å². The van der Waals surface area contributed by atoms with Gasteiger partial charge in [0, 0.05) is 10.4 Å². The van der Waals surface area contributed by atoms with E-state index >= 15 is 0 Å². The van der Waals surface area contributed by atoms with Gasteiger partial charge >= 0.3 is 6.03 Å². The van der Waals surface area contributed by atoms with Crippen molar-refractivity contribution in [3.63, 3.8) is 0 Å². The number of ketones is 1. The number of rotatable bonds is 3. The summed E-state index contributed by atoms with van der Waals surface area (Å²) < 4.78 is 0. The zero-order chi connectivity index (χ0) is 16.7. The van der Waals surface area contributed by atoms with E-state index in [1.54, 1.807) is 52.0 Å². The fourth-order valence-electron chi connectivity index (χ4n) is 2.22. The molecule has 1 aromatic rings. The predicted molar refractivity (Wildman–Crippen MR) is 83.5 cm³/mol. The molecule has 0 saturated carbocycles. The quantitative estimate of drug-likeness (QED) is 0.870. The van der Waals surface area contributed by atoms with Crippen LogP contribution in [0.3, 0.4) is 0 Å². The van der Waals surface area contributed by atoms with Gasteiger partial charge in [0.15, 0.2) is 5.78 Å². The van der Waals surface area contributed by atoms with Crippen molar-refractivity contribution in [2.24, 2.45) is 5.41 Å². The molecule has 1 fully saturated rings. The molecule has 0 aromatic heterocycles. The van der Waals surface area contributed by atoms with Crippen molar-refractivity contribution < 1.29 is 14.4 Å². The molecule has 1 atom stereocenters. The summed E-state index contributed by atoms with van der Waals surface area (Å²) in [6, 6.07) is 6.20. The fraction of sp³-hybridized carbons (Fsp3) is 0.438. The van der Waals surface area contributed by atoms with Crippen LogP contribution in [-0.4, -0.2) is 29.2 Å². The van der Waals surface area contributed by atoms with Gasteiger partial charge in [0.05, 0.1) is 6.54 Å². The number of nitrogens with one attached hydrogen (secondary N) is 1. The minimum atomic E-state index is -1.21. The summed E-state index contributed by atoms with van der Waals surface area (Å²) >= 11 is 5.96. The Kier molecular flexibility index (Phi) is 4.04. The summed E-state index contributed by atoms with van der Waals surface area (Å²) in [5.74, 6) is -0.622. The summed E-state index contributed by atoms with van der Waals surface area (Å²) in [6.07, 6.45) is 0. The molecule has 1 N–H and O–H groups in total. The van der Waals surface area contributed by atoms with E-state index in [4.69, 9.17) is 11.6 Å². The van der Waals surface area contributed by atoms with E-state index in [2.05, 4.69) is 5.32 Å². The van der Waals surface area contributed by atoms with Crippen molar-refractivity contribution in [3.8, 4) is 0 Å². The molecule has 3 amide bonds. The van der Waals surface area contributed by atoms with Crippen molar-refractivity contribution in [3.05, 3.63) is 34.9 Å². The lowest BCUT2D eigenvalue weighted by Crippen LogP contribution is -2.42. The summed E-state index contributed by atoms with van der Waals surface area (Å²) in [5, 5.41) is 3.13. The number of carbonyl (C=O) groups is 3. The maximum Gasteiger partial charge on any atom is 0.325 e. The molecule has 0 bridgehead atoms. The zero-order valence-electron chi connectivity index (χ0n) is 13.1. The van der Waals surface area contributed by atoms with Crippen molar-refractivity contribution in [1.82, 2.24) is 10.2 Å². The number of nitrogens with zero attached hydrogens (tertiary/aromatic N) is 1. The Hall–Kier alpha value is -1.88. The lowest BCUT2D eigenvalue weighted by atomic mass is 9.89. The molecule has 0 spiro atoms. The highest BCUT2D eigenvalue weighted by molar-refractivity contribution is 6.30. The minimum absolute atomic E-state index is 0.175. The van der Waals surface area contributed by atoms with Gasteiger partial charge in [-0.2, -0.15) is 0 Å². The average Bonchev–Trinajstić information content (AvgIpc) is 2.62. The van der Waals surface area contributed by atoms with Gasteiger partial charge in [0.25, 0.3) is 5.91 Å². The lowest BCUT2D eigenvalue weighted by molar-refractivity contribution is -0.136. The van der Waals surface area contributed by atoms with E-state index in [9.17, 15) is 14.4 Å². The third-order valence-electron chi connectivity index (χ3n) is 3.82. The van der Waals surface area contributed by atoms with Crippen molar-refractivity contribution in [2.45, 2.75) is 33.2 Å². The van der Waals surface area contributed by atoms with E-state index in [0.29, 0.717) is 10.6 Å². The summed E-state index contributed by atoms with van der Waals surface area (Å²) in [6.45, 7) is 6.64. The first-order valence-corrected chi connectivity index (χ1v) is 7.37. The molecular weight excluding hydrogens is 304 g/mol. The molecule has 0 aliphatic carbocycles. The second-order valence-electron chi connectivity index (χ2n) is 6.63. The van der Waals surface area contributed by atoms with Crippen LogP contribution in [0.15, 0.2) is 24.3 Å². The number of halogens is 1. The highest BCUT2D eigenvalue weighted by Gasteiger charge is 2.49. The number of carbonyl (C=O) groups excluding carboxylic acids is 3. The van der Waals surface area contributed by atoms with Crippen LogP contribution in [0.1, 0.15) is 33.3 Å². The van der Waals surface area contributed by atoms with Crippen LogP contribution < -0.4 is 5.32 Å². The monoisotopic (exact) mass is 322 g/mol. The van der Waals surface area contributed by atoms with Crippen molar-refractivity contribution in [2.75, 3.05) is 6.54 Å². The van der Waals surface area contributed by atoms with E-state index < -0.39 is 22.9 Å². The number of amides is 3. The first-order chi connectivity index (χ1) is 10.1. The number of urea groups is 1. The molecule has 2 rings (SSSR count). The van der Waals surface area contributed by atoms with Crippen LogP contribution >= 0.6 is 11.6 Å². The van der Waals surface area contributed by atoms with Gasteiger partial charge in [-0.3, -0.25) is 14.5 Å². The molecule has 1 heterocycles. The normalized spacial score (nSPS) is 22.0. The van der Waals surface area contributed by atoms with E-state index in [-0.39, 0.29) is 12.3 Å². The van der Waals surface area contributed by atoms with Crippen LogP contribution in [0.4, 0.5) is 4.79 Å². The van der Waals surface area contributed by atoms with Gasteiger partial charge < -0.3 is 5.32 Å². The van der Waals surface area contributed by atoms with Crippen molar-refractivity contribution in [1.29, 1.82) is 0 Å². The van der Waals surface area contributed by atoms with Crippen LogP contribution in [0.2, 0.25) is 5.02 Å². The third kappa shape index (κ3) is 2.86. The highest BCUT2D eigenvalue weighted by Crippen LogP contribution is 2.30. The van der Waals surface area contributed by atoms with Crippen LogP contribution in [-0.2, 0) is 15.1 Å². The molecule has 1 aliphatic heterocycles. The summed E-state index contributed by atoms with van der Waals surface area (Å²) in [4.78, 5) is 37.9. The zero-order valence-corrected chi connectivity index (χ0v) is 13.8. The molecule has 6 heteroatoms. The molecule has 5 nitrogen and oxygen atoms in total. The number of hydrogen-bond acceptors (Lipinski definition) is 3. The molecule has 1 unspecified atom stereocenters. The third-order valence-corrected chi connectivity index (χ3v) is 4.05. The average molecular weight is 323 g/mol. The Morgan fingerprint density at radius 1 is 1.32 bits per heavy atom. The molecule has 1 aromatic carbocycles. The van der Waals surface area contributed by atoms with E-state index in [1.165, 1.54) is 0 Å². The van der Waals surface area contributed by atoms with Gasteiger partial charge in [-0.15, -0.1) is 0 Å². The SMILES string of the molecule is CC(C)(C)C(=O)CN1C(=O)NC(C)(c2cccc(Cl)c2)C1=O. The molecule has 22 heavy (non-hydrogen) atoms. The standard InChI is InChI=1S/C16H19ClN2O3/c1-15(2,3)12(20)9-19-13(21)16(4,18-14(19)22)10-6-5-7-11(17)8-10/h5-8H,9H2,1-4H3,(H,18,22). The Morgan fingerprint density at radius 3 is 2.50 bits per heavy atom. The Labute approximate surface area is 134 Å². The second kappa shape index (κ2) is 5.39. The topological polar surface area (TPSA) is 66.5 Å². The number of hydrogen-bond donors (Lipinski definition) is 1. The first kappa shape index (κ1) is 16.5. The molecule has 0 radical (unpaired) electrons. The fourth-order valence-corrected chi connectivity index (χ4v) is 2.41. The van der Waals surface area contributed by atoms with E-state index in [1.807, 2.05) is 0 Å². The van der Waals surface area contributed by atoms with Crippen LogP contribution in [0, 0.1) is 5.41 Å². The molecular formula is C16H19ClN2O3. The van der Waals surface area contributed by atoms with Gasteiger partial charge in [-0.25, -0.2) is 4.79 Å². The molecule has 1 aliphatic rings. The molecule has 1 saturated heterocycles. The number of Topliss-reactive ketones (excluding diaryl/α,β-unsaturated/α-hetero) is 1. The Bertz CT molecular complexity index is 651. The Balaban J connectivity index is 2.30. The number of imide groups is 1. The second-order valence-corrected chi connectivity index (χ2v) is 7.07. The summed E-state index contributed by atoms with van der Waals surface area (Å²) in [7, 11) is 0. The van der Waals surface area contributed by atoms with Gasteiger partial charge in [0.2, 0.25) is 0 Å². The smallest absolute Gasteiger partial charge is 0.319 e. The van der Waals surface area contributed by atoms with E-state index in [0.717, 1.165) is 4.90 Å². The van der Waals surface area contributed by atoms with Crippen LogP contribution in [0.25, 0.3) is 0 Å². The first-order valence-electron chi connectivity index (χ1n) is 6.99.